The molecule has 1 unspecified atom stereocenters. The first-order valence-corrected chi connectivity index (χ1v) is 11.0. The summed E-state index contributed by atoms with van der Waals surface area (Å²) >= 11 is 0. The van der Waals surface area contributed by atoms with E-state index in [9.17, 15) is 4.79 Å². The van der Waals surface area contributed by atoms with Crippen LogP contribution in [0.2, 0.25) is 0 Å². The van der Waals surface area contributed by atoms with Crippen LogP contribution in [0.4, 0.5) is 5.69 Å². The van der Waals surface area contributed by atoms with Gasteiger partial charge in [0.15, 0.2) is 0 Å². The number of amides is 1. The molecule has 2 aliphatic carbocycles. The molecule has 154 valence electrons. The van der Waals surface area contributed by atoms with Crippen LogP contribution in [0, 0.1) is 17.2 Å². The zero-order valence-corrected chi connectivity index (χ0v) is 17.1. The topological polar surface area (TPSA) is 79.2 Å². The lowest BCUT2D eigenvalue weighted by atomic mass is 10.1. The van der Waals surface area contributed by atoms with Gasteiger partial charge in [0, 0.05) is 36.3 Å². The maximum absolute atomic E-state index is 12.5. The molecule has 0 N–H and O–H groups in total. The Morgan fingerprint density at radius 1 is 1.00 bits per heavy atom. The zero-order valence-electron chi connectivity index (χ0n) is 17.1. The SMILES string of the molecule is C1CC1.N#CC1CCN(c2ccnn3cc(-c4cnn(C5CCCC5)c4)cc23)C1=O. The predicted octanol–water partition coefficient (Wildman–Crippen LogP) is 4.36. The molecule has 1 saturated heterocycles. The van der Waals surface area contributed by atoms with Gasteiger partial charge in [-0.3, -0.25) is 9.48 Å². The molecule has 4 heterocycles. The van der Waals surface area contributed by atoms with Crippen molar-refractivity contribution >= 4 is 17.1 Å². The summed E-state index contributed by atoms with van der Waals surface area (Å²) in [5.74, 6) is -0.667. The molecule has 1 aliphatic heterocycles. The molecular formula is C23H26N6O. The van der Waals surface area contributed by atoms with Gasteiger partial charge < -0.3 is 4.90 Å². The van der Waals surface area contributed by atoms with E-state index < -0.39 is 5.92 Å². The van der Waals surface area contributed by atoms with Gasteiger partial charge in [-0.25, -0.2) is 4.52 Å². The molecular weight excluding hydrogens is 376 g/mol. The van der Waals surface area contributed by atoms with Crippen LogP contribution in [0.3, 0.4) is 0 Å². The number of carbonyl (C=O) groups excluding carboxylic acids is 1. The molecule has 1 amide bonds. The van der Waals surface area contributed by atoms with E-state index in [4.69, 9.17) is 5.26 Å². The van der Waals surface area contributed by atoms with Crippen molar-refractivity contribution < 1.29 is 4.79 Å². The summed E-state index contributed by atoms with van der Waals surface area (Å²) in [5, 5.41) is 18.1. The molecule has 3 aromatic heterocycles. The van der Waals surface area contributed by atoms with Crippen LogP contribution >= 0.6 is 0 Å². The van der Waals surface area contributed by atoms with Crippen molar-refractivity contribution in [1.82, 2.24) is 19.4 Å². The first-order chi connectivity index (χ1) is 14.7. The third-order valence-electron chi connectivity index (χ3n) is 6.13. The highest BCUT2D eigenvalue weighted by Gasteiger charge is 2.33. The van der Waals surface area contributed by atoms with E-state index in [2.05, 4.69) is 27.1 Å². The number of nitriles is 1. The molecule has 3 aromatic rings. The fraction of sp³-hybridized carbons (Fsp3) is 0.478. The van der Waals surface area contributed by atoms with Crippen molar-refractivity contribution in [1.29, 1.82) is 5.26 Å². The fourth-order valence-corrected chi connectivity index (χ4v) is 4.28. The van der Waals surface area contributed by atoms with Gasteiger partial charge in [-0.05, 0) is 31.4 Å². The van der Waals surface area contributed by atoms with Crippen molar-refractivity contribution in [3.8, 4) is 17.2 Å². The van der Waals surface area contributed by atoms with Gasteiger partial charge in [0.2, 0.25) is 5.91 Å². The number of anilines is 1. The van der Waals surface area contributed by atoms with E-state index in [1.807, 2.05) is 24.5 Å². The molecule has 7 nitrogen and oxygen atoms in total. The van der Waals surface area contributed by atoms with Crippen molar-refractivity contribution in [2.75, 3.05) is 11.4 Å². The second kappa shape index (κ2) is 7.94. The lowest BCUT2D eigenvalue weighted by Crippen LogP contribution is -2.27. The minimum Gasteiger partial charge on any atom is -0.309 e. The molecule has 7 heteroatoms. The highest BCUT2D eigenvalue weighted by molar-refractivity contribution is 6.02. The summed E-state index contributed by atoms with van der Waals surface area (Å²) in [6.07, 6.45) is 17.7. The van der Waals surface area contributed by atoms with E-state index in [0.29, 0.717) is 19.0 Å². The average Bonchev–Trinajstić information content (AvgIpc) is 3.19. The number of aromatic nitrogens is 4. The van der Waals surface area contributed by atoms with Gasteiger partial charge >= 0.3 is 0 Å². The average molecular weight is 403 g/mol. The minimum atomic E-state index is -0.544. The lowest BCUT2D eigenvalue weighted by molar-refractivity contribution is -0.118. The summed E-state index contributed by atoms with van der Waals surface area (Å²) in [6, 6.07) is 6.50. The summed E-state index contributed by atoms with van der Waals surface area (Å²) in [6.45, 7) is 0.566. The predicted molar refractivity (Wildman–Crippen MR) is 114 cm³/mol. The summed E-state index contributed by atoms with van der Waals surface area (Å²) in [4.78, 5) is 14.2. The Morgan fingerprint density at radius 3 is 2.50 bits per heavy atom. The first kappa shape index (κ1) is 18.9. The molecule has 0 bridgehead atoms. The maximum atomic E-state index is 12.5. The number of rotatable bonds is 3. The highest BCUT2D eigenvalue weighted by Crippen LogP contribution is 2.33. The summed E-state index contributed by atoms with van der Waals surface area (Å²) < 4.78 is 3.88. The third-order valence-corrected chi connectivity index (χ3v) is 6.13. The van der Waals surface area contributed by atoms with E-state index in [1.54, 1.807) is 15.6 Å². The van der Waals surface area contributed by atoms with E-state index in [1.165, 1.54) is 44.9 Å². The minimum absolute atomic E-state index is 0.123. The second-order valence-electron chi connectivity index (χ2n) is 8.44. The van der Waals surface area contributed by atoms with Gasteiger partial charge in [0.1, 0.15) is 5.92 Å². The van der Waals surface area contributed by atoms with E-state index in [0.717, 1.165) is 22.3 Å². The second-order valence-corrected chi connectivity index (χ2v) is 8.44. The molecule has 0 spiro atoms. The Balaban J connectivity index is 0.000000592. The Labute approximate surface area is 175 Å². The van der Waals surface area contributed by atoms with Crippen LogP contribution in [-0.4, -0.2) is 31.8 Å². The van der Waals surface area contributed by atoms with Crippen molar-refractivity contribution in [3.63, 3.8) is 0 Å². The van der Waals surface area contributed by atoms with Crippen molar-refractivity contribution in [2.45, 2.75) is 57.4 Å². The highest BCUT2D eigenvalue weighted by atomic mass is 16.2. The molecule has 2 saturated carbocycles. The molecule has 0 aromatic carbocycles. The molecule has 30 heavy (non-hydrogen) atoms. The molecule has 0 radical (unpaired) electrons. The number of nitrogens with zero attached hydrogens (tertiary/aromatic N) is 6. The molecule has 3 fully saturated rings. The Kier molecular flexibility index (Phi) is 4.99. The fourth-order valence-electron chi connectivity index (χ4n) is 4.28. The Morgan fingerprint density at radius 2 is 1.80 bits per heavy atom. The lowest BCUT2D eigenvalue weighted by Gasteiger charge is -2.16. The number of fused-ring (bicyclic) bond motifs is 1. The van der Waals surface area contributed by atoms with Gasteiger partial charge in [0.05, 0.1) is 29.5 Å². The smallest absolute Gasteiger partial charge is 0.244 e. The van der Waals surface area contributed by atoms with Crippen LogP contribution < -0.4 is 4.90 Å². The van der Waals surface area contributed by atoms with Crippen LogP contribution in [0.15, 0.2) is 36.9 Å². The molecule has 3 aliphatic rings. The largest absolute Gasteiger partial charge is 0.309 e. The van der Waals surface area contributed by atoms with Crippen LogP contribution in [0.5, 0.6) is 0 Å². The third kappa shape index (κ3) is 3.58. The molecule has 1 atom stereocenters. The van der Waals surface area contributed by atoms with Crippen LogP contribution in [0.1, 0.15) is 57.4 Å². The van der Waals surface area contributed by atoms with Gasteiger partial charge in [-0.15, -0.1) is 0 Å². The summed E-state index contributed by atoms with van der Waals surface area (Å²) in [5.41, 5.74) is 3.76. The summed E-state index contributed by atoms with van der Waals surface area (Å²) in [7, 11) is 0. The van der Waals surface area contributed by atoms with Crippen molar-refractivity contribution in [2.24, 2.45) is 5.92 Å². The quantitative estimate of drug-likeness (QED) is 0.652. The number of hydrogen-bond acceptors (Lipinski definition) is 4. The van der Waals surface area contributed by atoms with Gasteiger partial charge in [-0.2, -0.15) is 15.5 Å². The Bertz CT molecular complexity index is 1100. The number of hydrogen-bond donors (Lipinski definition) is 0. The first-order valence-electron chi connectivity index (χ1n) is 11.0. The van der Waals surface area contributed by atoms with E-state index in [-0.39, 0.29) is 5.91 Å². The van der Waals surface area contributed by atoms with Crippen LogP contribution in [0.25, 0.3) is 16.6 Å². The van der Waals surface area contributed by atoms with Gasteiger partial charge in [-0.1, -0.05) is 32.1 Å². The Hall–Kier alpha value is -3.14. The van der Waals surface area contributed by atoms with E-state index >= 15 is 0 Å². The molecule has 6 rings (SSSR count). The van der Waals surface area contributed by atoms with Gasteiger partial charge in [0.25, 0.3) is 0 Å². The zero-order chi connectivity index (χ0) is 20.5. The maximum Gasteiger partial charge on any atom is 0.244 e. The standard InChI is InChI=1S/C20H20N6O.C3H6/c21-10-14-6-8-24(20(14)27)18-5-7-22-26-12-15(9-19(18)26)16-11-23-25(13-16)17-3-1-2-4-17;1-2-3-1/h5,7,9,11-14,17H,1-4,6,8H2;1-3H2. The monoisotopic (exact) mass is 402 g/mol. The normalized spacial score (nSPS) is 21.0. The number of carbonyl (C=O) groups is 1. The van der Waals surface area contributed by atoms with Crippen LogP contribution in [-0.2, 0) is 4.79 Å². The van der Waals surface area contributed by atoms with Crippen molar-refractivity contribution in [3.05, 3.63) is 36.9 Å².